The van der Waals surface area contributed by atoms with Crippen LogP contribution in [0, 0.1) is 0 Å². The maximum atomic E-state index is 12.5. The summed E-state index contributed by atoms with van der Waals surface area (Å²) in [5.74, 6) is 0. The zero-order valence-corrected chi connectivity index (χ0v) is 14.6. The predicted molar refractivity (Wildman–Crippen MR) is 93.0 cm³/mol. The van der Waals surface area contributed by atoms with Crippen LogP contribution in [0.4, 0.5) is 10.5 Å². The van der Waals surface area contributed by atoms with Gasteiger partial charge in [-0.05, 0) is 50.6 Å². The quantitative estimate of drug-likeness (QED) is 0.733. The summed E-state index contributed by atoms with van der Waals surface area (Å²) in [5, 5.41) is 0. The first kappa shape index (κ1) is 16.6. The highest BCUT2D eigenvalue weighted by Gasteiger charge is 2.23. The molecule has 0 spiro atoms. The van der Waals surface area contributed by atoms with Crippen molar-refractivity contribution in [1.29, 1.82) is 0 Å². The summed E-state index contributed by atoms with van der Waals surface area (Å²) < 4.78 is 6.54. The Kier molecular flexibility index (Phi) is 5.24. The molecule has 4 heteroatoms. The van der Waals surface area contributed by atoms with Crippen LogP contribution >= 0.6 is 15.9 Å². The molecule has 0 radical (unpaired) electrons. The number of amides is 1. The molecule has 0 saturated carbocycles. The van der Waals surface area contributed by atoms with Crippen molar-refractivity contribution in [2.75, 3.05) is 4.90 Å². The molecule has 22 heavy (non-hydrogen) atoms. The second kappa shape index (κ2) is 6.97. The van der Waals surface area contributed by atoms with Gasteiger partial charge in [0.15, 0.2) is 0 Å². The van der Waals surface area contributed by atoms with Gasteiger partial charge in [-0.2, -0.15) is 0 Å². The maximum absolute atomic E-state index is 12.5. The van der Waals surface area contributed by atoms with Crippen molar-refractivity contribution in [1.82, 2.24) is 0 Å². The summed E-state index contributed by atoms with van der Waals surface area (Å²) in [6, 6.07) is 17.5. The molecule has 0 N–H and O–H groups in total. The van der Waals surface area contributed by atoms with Gasteiger partial charge in [0.05, 0.1) is 6.54 Å². The number of halogens is 1. The van der Waals surface area contributed by atoms with E-state index >= 15 is 0 Å². The van der Waals surface area contributed by atoms with E-state index in [1.165, 1.54) is 0 Å². The maximum Gasteiger partial charge on any atom is 0.415 e. The summed E-state index contributed by atoms with van der Waals surface area (Å²) in [5.41, 5.74) is 1.33. The molecule has 0 fully saturated rings. The van der Waals surface area contributed by atoms with Crippen LogP contribution in [-0.4, -0.2) is 11.7 Å². The Morgan fingerprint density at radius 3 is 2.18 bits per heavy atom. The van der Waals surface area contributed by atoms with Crippen molar-refractivity contribution >= 4 is 27.7 Å². The number of nitrogens with zero attached hydrogens (tertiary/aromatic N) is 1. The molecule has 2 aromatic rings. The average molecular weight is 362 g/mol. The van der Waals surface area contributed by atoms with Gasteiger partial charge < -0.3 is 4.74 Å². The zero-order valence-electron chi connectivity index (χ0n) is 13.0. The van der Waals surface area contributed by atoms with Crippen LogP contribution in [0.1, 0.15) is 26.3 Å². The molecule has 0 atom stereocenters. The first-order valence-electron chi connectivity index (χ1n) is 7.15. The molecule has 2 rings (SSSR count). The number of carbonyl (C=O) groups excluding carboxylic acids is 1. The van der Waals surface area contributed by atoms with Gasteiger partial charge in [-0.25, -0.2) is 4.79 Å². The predicted octanol–water partition coefficient (Wildman–Crippen LogP) is 5.39. The smallest absolute Gasteiger partial charge is 0.415 e. The molecule has 2 aromatic carbocycles. The lowest BCUT2D eigenvalue weighted by Gasteiger charge is -2.27. The van der Waals surface area contributed by atoms with Crippen molar-refractivity contribution in [3.8, 4) is 0 Å². The molecule has 3 nitrogen and oxygen atoms in total. The summed E-state index contributed by atoms with van der Waals surface area (Å²) >= 11 is 3.42. The normalized spacial score (nSPS) is 11.1. The molecule has 0 heterocycles. The van der Waals surface area contributed by atoms with E-state index < -0.39 is 5.60 Å². The van der Waals surface area contributed by atoms with Gasteiger partial charge in [0, 0.05) is 10.2 Å². The summed E-state index contributed by atoms with van der Waals surface area (Å²) in [6.45, 7) is 6.07. The number of benzene rings is 2. The third-order valence-corrected chi connectivity index (χ3v) is 3.46. The zero-order chi connectivity index (χ0) is 16.2. The highest BCUT2D eigenvalue weighted by atomic mass is 79.9. The lowest BCUT2D eigenvalue weighted by molar-refractivity contribution is 0.0577. The van der Waals surface area contributed by atoms with Crippen molar-refractivity contribution in [3.05, 3.63) is 64.6 Å². The topological polar surface area (TPSA) is 29.5 Å². The first-order valence-corrected chi connectivity index (χ1v) is 7.94. The van der Waals surface area contributed by atoms with Gasteiger partial charge in [0.1, 0.15) is 5.60 Å². The number of hydrogen-bond donors (Lipinski definition) is 0. The molecular weight excluding hydrogens is 342 g/mol. The first-order chi connectivity index (χ1) is 10.3. The molecule has 0 unspecified atom stereocenters. The number of rotatable bonds is 3. The standard InChI is InChI=1S/C18H20BrNO2/c1-18(2,3)22-17(21)20(16-7-5-4-6-8-16)13-14-9-11-15(19)12-10-14/h4-12H,13H2,1-3H3. The van der Waals surface area contributed by atoms with Crippen molar-refractivity contribution in [2.24, 2.45) is 0 Å². The Balaban J connectivity index is 2.25. The monoisotopic (exact) mass is 361 g/mol. The molecule has 116 valence electrons. The Bertz CT molecular complexity index is 618. The second-order valence-corrected chi connectivity index (χ2v) is 6.94. The van der Waals surface area contributed by atoms with Crippen molar-refractivity contribution in [3.63, 3.8) is 0 Å². The number of carbonyl (C=O) groups is 1. The molecule has 0 aromatic heterocycles. The molecule has 0 aliphatic rings. The number of para-hydroxylation sites is 1. The molecule has 0 saturated heterocycles. The Morgan fingerprint density at radius 2 is 1.64 bits per heavy atom. The molecule has 0 aliphatic carbocycles. The summed E-state index contributed by atoms with van der Waals surface area (Å²) in [4.78, 5) is 14.2. The van der Waals surface area contributed by atoms with Crippen molar-refractivity contribution < 1.29 is 9.53 Å². The van der Waals surface area contributed by atoms with E-state index in [0.29, 0.717) is 6.54 Å². The molecule has 0 bridgehead atoms. The van der Waals surface area contributed by atoms with E-state index in [0.717, 1.165) is 15.7 Å². The van der Waals surface area contributed by atoms with Gasteiger partial charge in [0.25, 0.3) is 0 Å². The second-order valence-electron chi connectivity index (χ2n) is 6.03. The average Bonchev–Trinajstić information content (AvgIpc) is 2.45. The Morgan fingerprint density at radius 1 is 1.05 bits per heavy atom. The van der Waals surface area contributed by atoms with Gasteiger partial charge >= 0.3 is 6.09 Å². The van der Waals surface area contributed by atoms with E-state index in [1.807, 2.05) is 75.4 Å². The van der Waals surface area contributed by atoms with E-state index in [2.05, 4.69) is 15.9 Å². The highest BCUT2D eigenvalue weighted by molar-refractivity contribution is 9.10. The summed E-state index contributed by atoms with van der Waals surface area (Å²) in [7, 11) is 0. The van der Waals surface area contributed by atoms with E-state index in [-0.39, 0.29) is 6.09 Å². The van der Waals surface area contributed by atoms with Crippen LogP contribution in [0.3, 0.4) is 0 Å². The van der Waals surface area contributed by atoms with Gasteiger partial charge in [-0.15, -0.1) is 0 Å². The van der Waals surface area contributed by atoms with Crippen LogP contribution in [0.15, 0.2) is 59.1 Å². The number of hydrogen-bond acceptors (Lipinski definition) is 2. The Labute approximate surface area is 140 Å². The van der Waals surface area contributed by atoms with Crippen LogP contribution < -0.4 is 4.90 Å². The van der Waals surface area contributed by atoms with Crippen molar-refractivity contribution in [2.45, 2.75) is 32.9 Å². The molecule has 0 aliphatic heterocycles. The lowest BCUT2D eigenvalue weighted by Crippen LogP contribution is -2.36. The largest absolute Gasteiger partial charge is 0.443 e. The van der Waals surface area contributed by atoms with Crippen LogP contribution in [0.25, 0.3) is 0 Å². The highest BCUT2D eigenvalue weighted by Crippen LogP contribution is 2.21. The minimum absolute atomic E-state index is 0.346. The van der Waals surface area contributed by atoms with Gasteiger partial charge in [0.2, 0.25) is 0 Å². The summed E-state index contributed by atoms with van der Waals surface area (Å²) in [6.07, 6.45) is -0.346. The van der Waals surface area contributed by atoms with E-state index in [4.69, 9.17) is 4.74 Å². The van der Waals surface area contributed by atoms with E-state index in [1.54, 1.807) is 4.90 Å². The third kappa shape index (κ3) is 4.88. The minimum Gasteiger partial charge on any atom is -0.443 e. The minimum atomic E-state index is -0.524. The fourth-order valence-corrected chi connectivity index (χ4v) is 2.22. The lowest BCUT2D eigenvalue weighted by atomic mass is 10.2. The number of ether oxygens (including phenoxy) is 1. The Hall–Kier alpha value is -1.81. The van der Waals surface area contributed by atoms with Crippen LogP contribution in [0.2, 0.25) is 0 Å². The van der Waals surface area contributed by atoms with Gasteiger partial charge in [-0.3, -0.25) is 4.90 Å². The van der Waals surface area contributed by atoms with Gasteiger partial charge in [-0.1, -0.05) is 46.3 Å². The SMILES string of the molecule is CC(C)(C)OC(=O)N(Cc1ccc(Br)cc1)c1ccccc1. The number of anilines is 1. The fraction of sp³-hybridized carbons (Fsp3) is 0.278. The van der Waals surface area contributed by atoms with E-state index in [9.17, 15) is 4.79 Å². The molecular formula is C18H20BrNO2. The van der Waals surface area contributed by atoms with Crippen LogP contribution in [0.5, 0.6) is 0 Å². The molecule has 1 amide bonds. The fourth-order valence-electron chi connectivity index (χ4n) is 1.96. The third-order valence-electron chi connectivity index (χ3n) is 2.94. The van der Waals surface area contributed by atoms with Crippen LogP contribution in [-0.2, 0) is 11.3 Å².